The van der Waals surface area contributed by atoms with E-state index in [2.05, 4.69) is 0 Å². The summed E-state index contributed by atoms with van der Waals surface area (Å²) in [4.78, 5) is 0. The van der Waals surface area contributed by atoms with Crippen molar-refractivity contribution in [1.82, 2.24) is 4.31 Å². The number of hydrogen-bond donors (Lipinski definition) is 2. The summed E-state index contributed by atoms with van der Waals surface area (Å²) in [7, 11) is -1.95. The number of hydrogen-bond acceptors (Lipinski definition) is 4. The SMILES string of the molecule is CCC(CN)S(=O)(=O)N(C)C(C)(C)CO. The van der Waals surface area contributed by atoms with Crippen LogP contribution in [0.5, 0.6) is 0 Å². The summed E-state index contributed by atoms with van der Waals surface area (Å²) in [5, 5.41) is 8.54. The van der Waals surface area contributed by atoms with E-state index in [4.69, 9.17) is 10.8 Å². The van der Waals surface area contributed by atoms with Crippen molar-refractivity contribution in [2.75, 3.05) is 20.2 Å². The predicted molar refractivity (Wildman–Crippen MR) is 61.0 cm³/mol. The molecule has 0 aromatic rings. The molecule has 1 atom stereocenters. The van der Waals surface area contributed by atoms with Crippen molar-refractivity contribution < 1.29 is 13.5 Å². The molecule has 0 aliphatic heterocycles. The smallest absolute Gasteiger partial charge is 0.218 e. The standard InChI is InChI=1S/C9H22N2O3S/c1-5-8(6-10)15(13,14)11(4)9(2,3)7-12/h8,12H,5-7,10H2,1-4H3. The van der Waals surface area contributed by atoms with E-state index in [1.807, 2.05) is 0 Å². The first-order valence-corrected chi connectivity index (χ1v) is 6.53. The summed E-state index contributed by atoms with van der Waals surface area (Å²) in [5.74, 6) is 0. The van der Waals surface area contributed by atoms with E-state index in [1.165, 1.54) is 11.4 Å². The van der Waals surface area contributed by atoms with Crippen LogP contribution in [0.1, 0.15) is 27.2 Å². The minimum absolute atomic E-state index is 0.102. The molecule has 6 heteroatoms. The van der Waals surface area contributed by atoms with E-state index in [0.717, 1.165) is 0 Å². The summed E-state index contributed by atoms with van der Waals surface area (Å²) in [6.07, 6.45) is 0.477. The molecule has 0 aromatic carbocycles. The zero-order valence-electron chi connectivity index (χ0n) is 9.90. The largest absolute Gasteiger partial charge is 0.394 e. The second-order valence-electron chi connectivity index (χ2n) is 4.25. The molecule has 0 bridgehead atoms. The Hall–Kier alpha value is -0.170. The molecule has 0 aliphatic rings. The minimum Gasteiger partial charge on any atom is -0.394 e. The van der Waals surface area contributed by atoms with Crippen molar-refractivity contribution in [3.8, 4) is 0 Å². The van der Waals surface area contributed by atoms with Crippen LogP contribution in [0.4, 0.5) is 0 Å². The highest BCUT2D eigenvalue weighted by Gasteiger charge is 2.36. The van der Waals surface area contributed by atoms with Gasteiger partial charge in [0.15, 0.2) is 0 Å². The molecule has 0 spiro atoms. The Balaban J connectivity index is 5.04. The van der Waals surface area contributed by atoms with Gasteiger partial charge in [-0.3, -0.25) is 0 Å². The molecule has 0 radical (unpaired) electrons. The highest BCUT2D eigenvalue weighted by atomic mass is 32.2. The molecular weight excluding hydrogens is 216 g/mol. The van der Waals surface area contributed by atoms with Crippen LogP contribution in [-0.2, 0) is 10.0 Å². The normalized spacial score (nSPS) is 15.7. The molecule has 0 heterocycles. The highest BCUT2D eigenvalue weighted by Crippen LogP contribution is 2.20. The zero-order valence-corrected chi connectivity index (χ0v) is 10.7. The lowest BCUT2D eigenvalue weighted by atomic mass is 10.1. The number of nitrogens with zero attached hydrogens (tertiary/aromatic N) is 1. The number of rotatable bonds is 6. The first-order valence-electron chi connectivity index (χ1n) is 5.02. The van der Waals surface area contributed by atoms with Crippen LogP contribution in [0.15, 0.2) is 0 Å². The molecule has 1 unspecified atom stereocenters. The molecule has 92 valence electrons. The van der Waals surface area contributed by atoms with Gasteiger partial charge in [-0.25, -0.2) is 8.42 Å². The Labute approximate surface area is 92.3 Å². The Bertz CT molecular complexity index is 284. The van der Waals surface area contributed by atoms with E-state index in [9.17, 15) is 8.42 Å². The fourth-order valence-electron chi connectivity index (χ4n) is 1.17. The minimum atomic E-state index is -3.42. The molecule has 15 heavy (non-hydrogen) atoms. The third-order valence-corrected chi connectivity index (χ3v) is 5.39. The summed E-state index contributed by atoms with van der Waals surface area (Å²) in [6.45, 7) is 5.02. The summed E-state index contributed by atoms with van der Waals surface area (Å²) in [5.41, 5.74) is 4.63. The maximum Gasteiger partial charge on any atom is 0.218 e. The quantitative estimate of drug-likeness (QED) is 0.669. The number of likely N-dealkylation sites (N-methyl/N-ethyl adjacent to an activating group) is 1. The summed E-state index contributed by atoms with van der Waals surface area (Å²) >= 11 is 0. The second-order valence-corrected chi connectivity index (χ2v) is 6.49. The van der Waals surface area contributed by atoms with Crippen LogP contribution >= 0.6 is 0 Å². The van der Waals surface area contributed by atoms with Crippen LogP contribution in [0, 0.1) is 0 Å². The van der Waals surface area contributed by atoms with Gasteiger partial charge in [-0.15, -0.1) is 0 Å². The average molecular weight is 238 g/mol. The van der Waals surface area contributed by atoms with E-state index >= 15 is 0 Å². The topological polar surface area (TPSA) is 83.6 Å². The van der Waals surface area contributed by atoms with E-state index in [1.54, 1.807) is 20.8 Å². The van der Waals surface area contributed by atoms with Gasteiger partial charge in [0.2, 0.25) is 10.0 Å². The number of aliphatic hydroxyl groups is 1. The molecule has 0 rings (SSSR count). The average Bonchev–Trinajstić information content (AvgIpc) is 2.18. The van der Waals surface area contributed by atoms with Gasteiger partial charge in [-0.2, -0.15) is 4.31 Å². The van der Waals surface area contributed by atoms with Crippen molar-refractivity contribution in [1.29, 1.82) is 0 Å². The van der Waals surface area contributed by atoms with Gasteiger partial charge in [-0.1, -0.05) is 6.92 Å². The lowest BCUT2D eigenvalue weighted by molar-refractivity contribution is 0.137. The molecule has 0 amide bonds. The molecule has 0 aromatic heterocycles. The fraction of sp³-hybridized carbons (Fsp3) is 1.00. The predicted octanol–water partition coefficient (Wildman–Crippen LogP) is -0.244. The van der Waals surface area contributed by atoms with Gasteiger partial charge < -0.3 is 10.8 Å². The van der Waals surface area contributed by atoms with Gasteiger partial charge in [0.25, 0.3) is 0 Å². The summed E-state index contributed by atoms with van der Waals surface area (Å²) in [6, 6.07) is 0. The van der Waals surface area contributed by atoms with Gasteiger partial charge in [0.05, 0.1) is 17.4 Å². The Morgan fingerprint density at radius 1 is 1.47 bits per heavy atom. The lowest BCUT2D eigenvalue weighted by Crippen LogP contribution is -2.52. The number of sulfonamides is 1. The lowest BCUT2D eigenvalue weighted by Gasteiger charge is -2.35. The van der Waals surface area contributed by atoms with Crippen molar-refractivity contribution in [3.05, 3.63) is 0 Å². The maximum absolute atomic E-state index is 12.0. The monoisotopic (exact) mass is 238 g/mol. The van der Waals surface area contributed by atoms with Gasteiger partial charge in [-0.05, 0) is 20.3 Å². The van der Waals surface area contributed by atoms with Crippen molar-refractivity contribution in [3.63, 3.8) is 0 Å². The molecule has 0 fully saturated rings. The van der Waals surface area contributed by atoms with E-state index in [-0.39, 0.29) is 13.2 Å². The van der Waals surface area contributed by atoms with Gasteiger partial charge >= 0.3 is 0 Å². The third-order valence-electron chi connectivity index (χ3n) is 2.76. The summed E-state index contributed by atoms with van der Waals surface area (Å²) < 4.78 is 25.3. The highest BCUT2D eigenvalue weighted by molar-refractivity contribution is 7.89. The van der Waals surface area contributed by atoms with Gasteiger partial charge in [0, 0.05) is 13.6 Å². The first-order chi connectivity index (χ1) is 6.73. The van der Waals surface area contributed by atoms with E-state index in [0.29, 0.717) is 6.42 Å². The van der Waals surface area contributed by atoms with Crippen LogP contribution in [-0.4, -0.2) is 48.8 Å². The molecule has 0 saturated carbocycles. The van der Waals surface area contributed by atoms with Crippen LogP contribution in [0.2, 0.25) is 0 Å². The Morgan fingerprint density at radius 3 is 2.20 bits per heavy atom. The van der Waals surface area contributed by atoms with Crippen LogP contribution < -0.4 is 5.73 Å². The second kappa shape index (κ2) is 5.25. The van der Waals surface area contributed by atoms with Gasteiger partial charge in [0.1, 0.15) is 0 Å². The Morgan fingerprint density at radius 2 is 1.93 bits per heavy atom. The van der Waals surface area contributed by atoms with Crippen molar-refractivity contribution >= 4 is 10.0 Å². The molecule has 5 nitrogen and oxygen atoms in total. The first kappa shape index (κ1) is 14.8. The molecule has 3 N–H and O–H groups in total. The van der Waals surface area contributed by atoms with Crippen molar-refractivity contribution in [2.24, 2.45) is 5.73 Å². The number of aliphatic hydroxyl groups excluding tert-OH is 1. The number of nitrogens with two attached hydrogens (primary N) is 1. The molecule has 0 aliphatic carbocycles. The van der Waals surface area contributed by atoms with Crippen LogP contribution in [0.3, 0.4) is 0 Å². The maximum atomic E-state index is 12.0. The molecular formula is C9H22N2O3S. The van der Waals surface area contributed by atoms with E-state index < -0.39 is 20.8 Å². The van der Waals surface area contributed by atoms with Crippen LogP contribution in [0.25, 0.3) is 0 Å². The third kappa shape index (κ3) is 3.14. The van der Waals surface area contributed by atoms with Crippen molar-refractivity contribution in [2.45, 2.75) is 38.0 Å². The Kier molecular flexibility index (Phi) is 5.19. The molecule has 0 saturated heterocycles. The zero-order chi connectivity index (χ0) is 12.3. The fourth-order valence-corrected chi connectivity index (χ4v) is 3.02.